The van der Waals surface area contributed by atoms with E-state index in [0.29, 0.717) is 11.1 Å². The van der Waals surface area contributed by atoms with E-state index in [0.717, 1.165) is 0 Å². The molecule has 0 aliphatic carbocycles. The Hall–Kier alpha value is -2.02. The first-order valence-electron chi connectivity index (χ1n) is 6.64. The highest BCUT2D eigenvalue weighted by Crippen LogP contribution is 2.38. The molecule has 0 spiro atoms. The molecule has 0 unspecified atom stereocenters. The molecule has 0 aliphatic rings. The molecule has 1 amide bonds. The number of thioether (sulfide) groups is 1. The van der Waals surface area contributed by atoms with Crippen LogP contribution < -0.4 is 5.32 Å². The van der Waals surface area contributed by atoms with Crippen LogP contribution in [0.15, 0.2) is 47.4 Å². The minimum absolute atomic E-state index is 0.0475. The smallest absolute Gasteiger partial charge is 0.348 e. The van der Waals surface area contributed by atoms with Gasteiger partial charge in [0.1, 0.15) is 5.82 Å². The predicted molar refractivity (Wildman–Crippen MR) is 80.7 cm³/mol. The first-order valence-corrected chi connectivity index (χ1v) is 7.46. The minimum atomic E-state index is -4.47. The lowest BCUT2D eigenvalue weighted by Gasteiger charge is -2.11. The summed E-state index contributed by atoms with van der Waals surface area (Å²) in [6, 6.07) is 9.88. The van der Waals surface area contributed by atoms with Gasteiger partial charge in [0.25, 0.3) is 5.91 Å². The second kappa shape index (κ2) is 7.04. The highest BCUT2D eigenvalue weighted by atomic mass is 32.2. The largest absolute Gasteiger partial charge is 0.446 e. The van der Waals surface area contributed by atoms with Crippen molar-refractivity contribution in [2.24, 2.45) is 0 Å². The van der Waals surface area contributed by atoms with Gasteiger partial charge in [-0.2, -0.15) is 13.2 Å². The maximum absolute atomic E-state index is 13.2. The second-order valence-electron chi connectivity index (χ2n) is 4.81. The Morgan fingerprint density at radius 3 is 2.52 bits per heavy atom. The molecule has 0 atom stereocenters. The van der Waals surface area contributed by atoms with Crippen molar-refractivity contribution in [1.29, 1.82) is 0 Å². The van der Waals surface area contributed by atoms with Crippen LogP contribution >= 0.6 is 11.8 Å². The van der Waals surface area contributed by atoms with E-state index in [1.54, 1.807) is 13.0 Å². The van der Waals surface area contributed by atoms with Crippen LogP contribution in [0, 0.1) is 12.7 Å². The summed E-state index contributed by atoms with van der Waals surface area (Å²) in [5, 5.41) is 2.55. The third-order valence-electron chi connectivity index (χ3n) is 3.03. The van der Waals surface area contributed by atoms with Crippen molar-refractivity contribution in [2.45, 2.75) is 23.9 Å². The van der Waals surface area contributed by atoms with Crippen molar-refractivity contribution in [2.75, 3.05) is 0 Å². The van der Waals surface area contributed by atoms with E-state index in [1.807, 2.05) is 0 Å². The standard InChI is InChI=1S/C16H13F4NOS/c1-10-8-11(6-7-13(10)17)9-21-15(22)12-4-2-3-5-14(12)23-16(18,19)20/h2-8H,9H2,1H3,(H,21,22). The molecule has 122 valence electrons. The number of rotatable bonds is 4. The van der Waals surface area contributed by atoms with Crippen molar-refractivity contribution < 1.29 is 22.4 Å². The van der Waals surface area contributed by atoms with Gasteiger partial charge in [-0.1, -0.05) is 24.3 Å². The predicted octanol–water partition coefficient (Wildman–Crippen LogP) is 4.68. The molecule has 0 radical (unpaired) electrons. The Balaban J connectivity index is 2.10. The van der Waals surface area contributed by atoms with Gasteiger partial charge < -0.3 is 5.32 Å². The van der Waals surface area contributed by atoms with Crippen LogP contribution in [0.2, 0.25) is 0 Å². The number of hydrogen-bond acceptors (Lipinski definition) is 2. The quantitative estimate of drug-likeness (QED) is 0.645. The zero-order valence-corrected chi connectivity index (χ0v) is 12.9. The topological polar surface area (TPSA) is 29.1 Å². The zero-order chi connectivity index (χ0) is 17.0. The van der Waals surface area contributed by atoms with E-state index >= 15 is 0 Å². The van der Waals surface area contributed by atoms with Gasteiger partial charge in [-0.15, -0.1) is 0 Å². The van der Waals surface area contributed by atoms with Crippen LogP contribution in [-0.2, 0) is 6.54 Å². The van der Waals surface area contributed by atoms with Gasteiger partial charge in [0.15, 0.2) is 0 Å². The SMILES string of the molecule is Cc1cc(CNC(=O)c2ccccc2SC(F)(F)F)ccc1F. The molecule has 2 nitrogen and oxygen atoms in total. The van der Waals surface area contributed by atoms with Crippen LogP contribution in [0.4, 0.5) is 17.6 Å². The Bertz CT molecular complexity index is 715. The van der Waals surface area contributed by atoms with Crippen molar-refractivity contribution in [3.05, 3.63) is 65.0 Å². The number of carbonyl (C=O) groups is 1. The number of nitrogens with one attached hydrogen (secondary N) is 1. The molecular formula is C16H13F4NOS. The van der Waals surface area contributed by atoms with Crippen molar-refractivity contribution >= 4 is 17.7 Å². The summed E-state index contributed by atoms with van der Waals surface area (Å²) in [7, 11) is 0. The first kappa shape index (κ1) is 17.3. The molecule has 0 fully saturated rings. The summed E-state index contributed by atoms with van der Waals surface area (Å²) >= 11 is -0.329. The molecule has 7 heteroatoms. The van der Waals surface area contributed by atoms with Crippen LogP contribution in [0.25, 0.3) is 0 Å². The molecule has 2 aromatic carbocycles. The highest BCUT2D eigenvalue weighted by molar-refractivity contribution is 8.00. The summed E-state index contributed by atoms with van der Waals surface area (Å²) < 4.78 is 50.7. The monoisotopic (exact) mass is 343 g/mol. The number of amides is 1. The third-order valence-corrected chi connectivity index (χ3v) is 3.84. The molecule has 0 bridgehead atoms. The molecule has 0 aliphatic heterocycles. The lowest BCUT2D eigenvalue weighted by molar-refractivity contribution is -0.0328. The molecule has 0 heterocycles. The molecule has 1 N–H and O–H groups in total. The summed E-state index contributed by atoms with van der Waals surface area (Å²) in [5.74, 6) is -0.966. The fourth-order valence-electron chi connectivity index (χ4n) is 1.96. The zero-order valence-electron chi connectivity index (χ0n) is 12.1. The molecule has 2 rings (SSSR count). The van der Waals surface area contributed by atoms with Crippen molar-refractivity contribution in [3.8, 4) is 0 Å². The van der Waals surface area contributed by atoms with Crippen LogP contribution in [0.1, 0.15) is 21.5 Å². The average molecular weight is 343 g/mol. The van der Waals surface area contributed by atoms with Gasteiger partial charge in [0, 0.05) is 11.4 Å². The van der Waals surface area contributed by atoms with Gasteiger partial charge >= 0.3 is 5.51 Å². The Labute approximate surface area is 134 Å². The van der Waals surface area contributed by atoms with E-state index in [9.17, 15) is 22.4 Å². The highest BCUT2D eigenvalue weighted by Gasteiger charge is 2.31. The van der Waals surface area contributed by atoms with E-state index in [2.05, 4.69) is 5.32 Å². The number of alkyl halides is 3. The van der Waals surface area contributed by atoms with Crippen LogP contribution in [-0.4, -0.2) is 11.4 Å². The Morgan fingerprint density at radius 2 is 1.87 bits per heavy atom. The van der Waals surface area contributed by atoms with Gasteiger partial charge in [-0.05, 0) is 48.0 Å². The molecule has 23 heavy (non-hydrogen) atoms. The summed E-state index contributed by atoms with van der Waals surface area (Å²) in [6.45, 7) is 1.70. The minimum Gasteiger partial charge on any atom is -0.348 e. The fourth-order valence-corrected chi connectivity index (χ4v) is 2.63. The molecular weight excluding hydrogens is 330 g/mol. The number of benzene rings is 2. The number of halogens is 4. The Morgan fingerprint density at radius 1 is 1.17 bits per heavy atom. The number of carbonyl (C=O) groups excluding carboxylic acids is 1. The van der Waals surface area contributed by atoms with Gasteiger partial charge in [0.2, 0.25) is 0 Å². The lowest BCUT2D eigenvalue weighted by atomic mass is 10.1. The fraction of sp³-hybridized carbons (Fsp3) is 0.188. The molecule has 0 saturated carbocycles. The number of aryl methyl sites for hydroxylation is 1. The molecule has 2 aromatic rings. The Kier molecular flexibility index (Phi) is 5.30. The second-order valence-corrected chi connectivity index (χ2v) is 5.92. The van der Waals surface area contributed by atoms with E-state index in [4.69, 9.17) is 0 Å². The van der Waals surface area contributed by atoms with Crippen molar-refractivity contribution in [3.63, 3.8) is 0 Å². The van der Waals surface area contributed by atoms with E-state index in [1.165, 1.54) is 36.4 Å². The number of hydrogen-bond donors (Lipinski definition) is 1. The van der Waals surface area contributed by atoms with E-state index in [-0.39, 0.29) is 34.6 Å². The van der Waals surface area contributed by atoms with Crippen LogP contribution in [0.5, 0.6) is 0 Å². The van der Waals surface area contributed by atoms with E-state index < -0.39 is 11.4 Å². The average Bonchev–Trinajstić information content (AvgIpc) is 2.47. The molecule has 0 aromatic heterocycles. The molecule has 0 saturated heterocycles. The summed E-state index contributed by atoms with van der Waals surface area (Å²) in [5.41, 5.74) is -3.42. The maximum Gasteiger partial charge on any atom is 0.446 e. The van der Waals surface area contributed by atoms with Gasteiger partial charge in [0.05, 0.1) is 5.56 Å². The maximum atomic E-state index is 13.2. The summed E-state index contributed by atoms with van der Waals surface area (Å²) in [6.07, 6.45) is 0. The lowest BCUT2D eigenvalue weighted by Crippen LogP contribution is -2.23. The van der Waals surface area contributed by atoms with Crippen LogP contribution in [0.3, 0.4) is 0 Å². The third kappa shape index (κ3) is 4.99. The van der Waals surface area contributed by atoms with Gasteiger partial charge in [-0.25, -0.2) is 4.39 Å². The van der Waals surface area contributed by atoms with Crippen molar-refractivity contribution in [1.82, 2.24) is 5.32 Å². The summed E-state index contributed by atoms with van der Waals surface area (Å²) in [4.78, 5) is 12.0. The normalized spacial score (nSPS) is 11.3. The van der Waals surface area contributed by atoms with Gasteiger partial charge in [-0.3, -0.25) is 4.79 Å². The first-order chi connectivity index (χ1) is 10.8.